The smallest absolute Gasteiger partial charge is 0.335 e. The van der Waals surface area contributed by atoms with Crippen LogP contribution >= 0.6 is 0 Å². The maximum Gasteiger partial charge on any atom is 0.335 e. The number of allylic oxidation sites excluding steroid dienone is 10. The van der Waals surface area contributed by atoms with Crippen LogP contribution < -0.4 is 0 Å². The van der Waals surface area contributed by atoms with Crippen molar-refractivity contribution in [3.63, 3.8) is 0 Å². The summed E-state index contributed by atoms with van der Waals surface area (Å²) in [7, 11) is 0. The zero-order valence-corrected chi connectivity index (χ0v) is 49.0. The molecule has 1 aliphatic rings. The fourth-order valence-corrected chi connectivity index (χ4v) is 9.19. The van der Waals surface area contributed by atoms with E-state index in [0.29, 0.717) is 19.3 Å². The molecular weight excluding hydrogens is 973 g/mol. The van der Waals surface area contributed by atoms with Crippen LogP contribution in [-0.2, 0) is 42.9 Å². The third kappa shape index (κ3) is 43.0. The SMILES string of the molecule is CCCCC/C=C\C/C=C\CCCCCCCCCCCC(=O)OCC(COC1OC(C(=O)O)C(O)C(O)C1OC(=O)CCCCCCC/C=C\C/C=C\CCCCC)OC(=O)CCCCCCC/C=C\CCCCCC. The van der Waals surface area contributed by atoms with Gasteiger partial charge in [0, 0.05) is 19.3 Å². The molecular formula is C65H112O12. The predicted octanol–water partition coefficient (Wildman–Crippen LogP) is 16.3. The second-order valence-corrected chi connectivity index (χ2v) is 21.3. The summed E-state index contributed by atoms with van der Waals surface area (Å²) in [4.78, 5) is 51.2. The molecule has 1 heterocycles. The molecule has 0 aliphatic carbocycles. The number of rotatable bonds is 53. The van der Waals surface area contributed by atoms with Gasteiger partial charge in [0.05, 0.1) is 6.61 Å². The summed E-state index contributed by atoms with van der Waals surface area (Å²) in [5, 5.41) is 31.5. The van der Waals surface area contributed by atoms with Gasteiger partial charge >= 0.3 is 23.9 Å². The van der Waals surface area contributed by atoms with Crippen LogP contribution in [0.15, 0.2) is 60.8 Å². The molecule has 1 aliphatic heterocycles. The Labute approximate surface area is 468 Å². The first kappa shape index (κ1) is 71.4. The standard InChI is InChI=1S/C65H112O12/c1-4-7-10-13-16-19-22-25-27-28-29-30-32-34-36-39-42-45-48-51-57(66)73-54-56(75-58(67)52-49-46-43-40-37-33-24-21-18-15-12-9-6-3)55-74-65-63(61(70)60(69)62(77-65)64(71)72)76-59(68)53-50-47-44-41-38-35-31-26-23-20-17-14-11-8-5-2/h16-17,19-21,24-27,31,56,60-63,65,69-70H,4-15,18,22-23,28-30,32-55H2,1-3H3,(H,71,72)/b19-16-,20-17-,24-21-,27-25-,31-26-. The van der Waals surface area contributed by atoms with E-state index < -0.39 is 67.3 Å². The molecule has 3 N–H and O–H groups in total. The van der Waals surface area contributed by atoms with E-state index >= 15 is 0 Å². The van der Waals surface area contributed by atoms with E-state index in [1.807, 2.05) is 0 Å². The molecule has 1 saturated heterocycles. The van der Waals surface area contributed by atoms with Crippen molar-refractivity contribution in [2.24, 2.45) is 0 Å². The van der Waals surface area contributed by atoms with Gasteiger partial charge in [-0.15, -0.1) is 0 Å². The first-order valence-corrected chi connectivity index (χ1v) is 31.3. The number of carbonyl (C=O) groups is 4. The number of hydrogen-bond donors (Lipinski definition) is 3. The summed E-state index contributed by atoms with van der Waals surface area (Å²) >= 11 is 0. The van der Waals surface area contributed by atoms with Gasteiger partial charge in [-0.2, -0.15) is 0 Å². The molecule has 1 fully saturated rings. The van der Waals surface area contributed by atoms with E-state index in [-0.39, 0.29) is 25.9 Å². The third-order valence-electron chi connectivity index (χ3n) is 14.0. The minimum atomic E-state index is -1.91. The van der Waals surface area contributed by atoms with Crippen molar-refractivity contribution in [2.45, 2.75) is 314 Å². The summed E-state index contributed by atoms with van der Waals surface area (Å²) in [6, 6.07) is 0. The maximum absolute atomic E-state index is 13.2. The van der Waals surface area contributed by atoms with Gasteiger partial charge in [0.2, 0.25) is 0 Å². The number of aliphatic hydroxyl groups excluding tert-OH is 2. The Hall–Kier alpha value is -3.58. The molecule has 0 saturated carbocycles. The number of esters is 3. The lowest BCUT2D eigenvalue weighted by atomic mass is 9.98. The van der Waals surface area contributed by atoms with Gasteiger partial charge in [-0.05, 0) is 109 Å². The first-order valence-electron chi connectivity index (χ1n) is 31.3. The average molecular weight is 1090 g/mol. The Kier molecular flexibility index (Phi) is 49.2. The summed E-state index contributed by atoms with van der Waals surface area (Å²) in [5.41, 5.74) is 0. The van der Waals surface area contributed by atoms with Crippen LogP contribution in [0.3, 0.4) is 0 Å². The van der Waals surface area contributed by atoms with Gasteiger partial charge < -0.3 is 39.0 Å². The summed E-state index contributed by atoms with van der Waals surface area (Å²) < 4.78 is 28.5. The molecule has 444 valence electrons. The maximum atomic E-state index is 13.2. The van der Waals surface area contributed by atoms with Gasteiger partial charge in [-0.3, -0.25) is 14.4 Å². The first-order chi connectivity index (χ1) is 37.6. The molecule has 12 nitrogen and oxygen atoms in total. The predicted molar refractivity (Wildman–Crippen MR) is 312 cm³/mol. The molecule has 6 atom stereocenters. The molecule has 0 radical (unpaired) electrons. The van der Waals surface area contributed by atoms with Gasteiger partial charge in [0.1, 0.15) is 18.8 Å². The Morgan fingerprint density at radius 2 is 0.779 bits per heavy atom. The van der Waals surface area contributed by atoms with Gasteiger partial charge in [0.25, 0.3) is 0 Å². The van der Waals surface area contributed by atoms with Crippen molar-refractivity contribution in [1.29, 1.82) is 0 Å². The van der Waals surface area contributed by atoms with Gasteiger partial charge in [-0.25, -0.2) is 4.79 Å². The van der Waals surface area contributed by atoms with E-state index in [1.54, 1.807) is 0 Å². The van der Waals surface area contributed by atoms with Crippen molar-refractivity contribution in [1.82, 2.24) is 0 Å². The van der Waals surface area contributed by atoms with Crippen LogP contribution in [0, 0.1) is 0 Å². The molecule has 0 amide bonds. The highest BCUT2D eigenvalue weighted by atomic mass is 16.7. The number of carbonyl (C=O) groups excluding carboxylic acids is 3. The van der Waals surface area contributed by atoms with E-state index in [1.165, 1.54) is 103 Å². The highest BCUT2D eigenvalue weighted by molar-refractivity contribution is 5.74. The van der Waals surface area contributed by atoms with Gasteiger partial charge in [-0.1, -0.05) is 210 Å². The molecule has 0 aromatic carbocycles. The number of aliphatic hydroxyl groups is 2. The van der Waals surface area contributed by atoms with Crippen LogP contribution in [-0.4, -0.2) is 89.2 Å². The highest BCUT2D eigenvalue weighted by Crippen LogP contribution is 2.26. The van der Waals surface area contributed by atoms with Crippen molar-refractivity contribution in [3.05, 3.63) is 60.8 Å². The normalized spacial score (nSPS) is 18.4. The molecule has 0 bridgehead atoms. The fourth-order valence-electron chi connectivity index (χ4n) is 9.19. The molecule has 6 unspecified atom stereocenters. The second kappa shape index (κ2) is 53.1. The zero-order chi connectivity index (χ0) is 56.1. The monoisotopic (exact) mass is 1080 g/mol. The number of carboxylic acids is 1. The number of hydrogen-bond acceptors (Lipinski definition) is 11. The van der Waals surface area contributed by atoms with E-state index in [9.17, 15) is 34.5 Å². The lowest BCUT2D eigenvalue weighted by Gasteiger charge is -2.40. The van der Waals surface area contributed by atoms with Gasteiger partial charge in [0.15, 0.2) is 24.6 Å². The number of aliphatic carboxylic acids is 1. The van der Waals surface area contributed by atoms with E-state index in [0.717, 1.165) is 116 Å². The summed E-state index contributed by atoms with van der Waals surface area (Å²) in [6.45, 7) is 5.93. The molecule has 0 spiro atoms. The van der Waals surface area contributed by atoms with E-state index in [4.69, 9.17) is 23.7 Å². The second-order valence-electron chi connectivity index (χ2n) is 21.3. The minimum Gasteiger partial charge on any atom is -0.479 e. The van der Waals surface area contributed by atoms with Crippen LogP contribution in [0.2, 0.25) is 0 Å². The number of carboxylic acid groups (broad SMARTS) is 1. The Balaban J connectivity index is 2.67. The lowest BCUT2D eigenvalue weighted by Crippen LogP contribution is -2.61. The Bertz CT molecular complexity index is 1570. The van der Waals surface area contributed by atoms with Crippen molar-refractivity contribution < 1.29 is 58.2 Å². The van der Waals surface area contributed by atoms with E-state index in [2.05, 4.69) is 81.5 Å². The Morgan fingerprint density at radius 1 is 0.429 bits per heavy atom. The lowest BCUT2D eigenvalue weighted by molar-refractivity contribution is -0.301. The topological polar surface area (TPSA) is 175 Å². The quantitative estimate of drug-likeness (QED) is 0.0228. The van der Waals surface area contributed by atoms with Crippen LogP contribution in [0.4, 0.5) is 0 Å². The molecule has 0 aromatic heterocycles. The summed E-state index contributed by atoms with van der Waals surface area (Å²) in [5.74, 6) is -3.14. The molecule has 1 rings (SSSR count). The van der Waals surface area contributed by atoms with Crippen molar-refractivity contribution in [3.8, 4) is 0 Å². The largest absolute Gasteiger partial charge is 0.479 e. The van der Waals surface area contributed by atoms with Crippen LogP contribution in [0.1, 0.15) is 278 Å². The molecule has 12 heteroatoms. The third-order valence-corrected chi connectivity index (χ3v) is 14.0. The van der Waals surface area contributed by atoms with Crippen LogP contribution in [0.5, 0.6) is 0 Å². The summed E-state index contributed by atoms with van der Waals surface area (Å²) in [6.07, 6.45) is 53.2. The van der Waals surface area contributed by atoms with Crippen molar-refractivity contribution >= 4 is 23.9 Å². The highest BCUT2D eigenvalue weighted by Gasteiger charge is 2.50. The zero-order valence-electron chi connectivity index (χ0n) is 49.0. The average Bonchev–Trinajstić information content (AvgIpc) is 3.42. The molecule has 0 aromatic rings. The fraction of sp³-hybridized carbons (Fsp3) is 0.785. The Morgan fingerprint density at radius 3 is 1.21 bits per heavy atom. The number of ether oxygens (including phenoxy) is 5. The van der Waals surface area contributed by atoms with Crippen molar-refractivity contribution in [2.75, 3.05) is 13.2 Å². The number of unbranched alkanes of at least 4 members (excludes halogenated alkanes) is 29. The molecule has 77 heavy (non-hydrogen) atoms. The minimum absolute atomic E-state index is 0.0432. The van der Waals surface area contributed by atoms with Crippen LogP contribution in [0.25, 0.3) is 0 Å².